The standard InChI is InChI=1S/C19H21ClN2O4/c20-13-5-6-14-12(9-13)10-15(21-14)19(24)26-11-18(23)22-7-8-25-17-4-2-1-3-16(17)22/h5-6,9-10,16-17,21H,1-4,7-8,11H2/t16-,17-/m0/s1. The van der Waals surface area contributed by atoms with Crippen molar-refractivity contribution < 1.29 is 19.1 Å². The smallest absolute Gasteiger partial charge is 0.355 e. The molecule has 1 saturated heterocycles. The van der Waals surface area contributed by atoms with Gasteiger partial charge in [0.1, 0.15) is 5.69 Å². The summed E-state index contributed by atoms with van der Waals surface area (Å²) in [6.45, 7) is 0.851. The number of H-pyrrole nitrogens is 1. The maximum atomic E-state index is 12.6. The zero-order chi connectivity index (χ0) is 18.1. The van der Waals surface area contributed by atoms with Gasteiger partial charge in [0.15, 0.2) is 6.61 Å². The normalized spacial score (nSPS) is 22.9. The number of amides is 1. The topological polar surface area (TPSA) is 71.6 Å². The van der Waals surface area contributed by atoms with E-state index in [9.17, 15) is 9.59 Å². The number of rotatable bonds is 3. The fraction of sp³-hybridized carbons (Fsp3) is 0.474. The van der Waals surface area contributed by atoms with E-state index in [1.807, 2.05) is 4.90 Å². The molecule has 1 aromatic carbocycles. The summed E-state index contributed by atoms with van der Waals surface area (Å²) in [7, 11) is 0. The third-order valence-corrected chi connectivity index (χ3v) is 5.42. The summed E-state index contributed by atoms with van der Waals surface area (Å²) in [4.78, 5) is 29.7. The van der Waals surface area contributed by atoms with Gasteiger partial charge in [0.2, 0.25) is 0 Å². The average molecular weight is 377 g/mol. The summed E-state index contributed by atoms with van der Waals surface area (Å²) >= 11 is 5.96. The molecule has 1 amide bonds. The van der Waals surface area contributed by atoms with Crippen LogP contribution in [0.25, 0.3) is 10.9 Å². The van der Waals surface area contributed by atoms with E-state index in [0.717, 1.165) is 36.6 Å². The van der Waals surface area contributed by atoms with Crippen LogP contribution in [0.4, 0.5) is 0 Å². The highest BCUT2D eigenvalue weighted by Gasteiger charge is 2.36. The zero-order valence-corrected chi connectivity index (χ0v) is 15.1. The third-order valence-electron chi connectivity index (χ3n) is 5.18. The predicted octanol–water partition coefficient (Wildman–Crippen LogP) is 3.15. The maximum Gasteiger partial charge on any atom is 0.355 e. The van der Waals surface area contributed by atoms with Gasteiger partial charge in [-0.2, -0.15) is 0 Å². The fourth-order valence-corrected chi connectivity index (χ4v) is 4.09. The lowest BCUT2D eigenvalue weighted by Crippen LogP contribution is -2.55. The van der Waals surface area contributed by atoms with Crippen LogP contribution in [-0.2, 0) is 14.3 Å². The van der Waals surface area contributed by atoms with Gasteiger partial charge >= 0.3 is 5.97 Å². The van der Waals surface area contributed by atoms with Crippen LogP contribution in [0.15, 0.2) is 24.3 Å². The monoisotopic (exact) mass is 376 g/mol. The lowest BCUT2D eigenvalue weighted by Gasteiger charge is -2.43. The molecule has 0 spiro atoms. The highest BCUT2D eigenvalue weighted by molar-refractivity contribution is 6.31. The van der Waals surface area contributed by atoms with Gasteiger partial charge in [-0.25, -0.2) is 4.79 Å². The Hall–Kier alpha value is -2.05. The summed E-state index contributed by atoms with van der Waals surface area (Å²) in [6.07, 6.45) is 4.31. The molecule has 2 heterocycles. The predicted molar refractivity (Wildman–Crippen MR) is 97.3 cm³/mol. The Morgan fingerprint density at radius 3 is 3.00 bits per heavy atom. The number of nitrogens with zero attached hydrogens (tertiary/aromatic N) is 1. The van der Waals surface area contributed by atoms with E-state index in [4.69, 9.17) is 21.1 Å². The van der Waals surface area contributed by atoms with Crippen molar-refractivity contribution in [1.29, 1.82) is 0 Å². The van der Waals surface area contributed by atoms with Crippen LogP contribution in [0.3, 0.4) is 0 Å². The lowest BCUT2D eigenvalue weighted by molar-refractivity contribution is -0.152. The van der Waals surface area contributed by atoms with Gasteiger partial charge in [-0.3, -0.25) is 4.79 Å². The summed E-state index contributed by atoms with van der Waals surface area (Å²) in [5.41, 5.74) is 1.11. The summed E-state index contributed by atoms with van der Waals surface area (Å²) in [6, 6.07) is 7.11. The number of fused-ring (bicyclic) bond motifs is 2. The number of hydrogen-bond donors (Lipinski definition) is 1. The van der Waals surface area contributed by atoms with Crippen LogP contribution in [0.2, 0.25) is 5.02 Å². The summed E-state index contributed by atoms with van der Waals surface area (Å²) in [5, 5.41) is 1.43. The fourth-order valence-electron chi connectivity index (χ4n) is 3.91. The van der Waals surface area contributed by atoms with Gasteiger partial charge < -0.3 is 19.4 Å². The zero-order valence-electron chi connectivity index (χ0n) is 14.4. The second kappa shape index (κ2) is 7.29. The number of aromatic nitrogens is 1. The molecule has 2 fully saturated rings. The van der Waals surface area contributed by atoms with E-state index in [2.05, 4.69) is 4.98 Å². The molecule has 0 bridgehead atoms. The van der Waals surface area contributed by atoms with E-state index in [-0.39, 0.29) is 24.7 Å². The molecule has 1 N–H and O–H groups in total. The third kappa shape index (κ3) is 3.44. The SMILES string of the molecule is O=C(OCC(=O)N1CCO[C@H]2CCCC[C@@H]21)c1cc2cc(Cl)ccc2[nH]1. The number of esters is 1. The van der Waals surface area contributed by atoms with E-state index in [1.54, 1.807) is 24.3 Å². The van der Waals surface area contributed by atoms with Gasteiger partial charge in [-0.05, 0) is 37.1 Å². The second-order valence-corrected chi connectivity index (χ2v) is 7.28. The molecule has 4 rings (SSSR count). The molecule has 7 heteroatoms. The maximum absolute atomic E-state index is 12.6. The number of aromatic amines is 1. The molecular formula is C19H21ClN2O4. The Balaban J connectivity index is 1.39. The molecule has 138 valence electrons. The molecule has 1 aliphatic carbocycles. The first-order valence-electron chi connectivity index (χ1n) is 8.98. The molecule has 26 heavy (non-hydrogen) atoms. The highest BCUT2D eigenvalue weighted by atomic mass is 35.5. The molecule has 0 unspecified atom stereocenters. The number of morpholine rings is 1. The van der Waals surface area contributed by atoms with Crippen molar-refractivity contribution in [2.75, 3.05) is 19.8 Å². The number of hydrogen-bond acceptors (Lipinski definition) is 4. The first kappa shape index (κ1) is 17.4. The average Bonchev–Trinajstić information content (AvgIpc) is 3.08. The Morgan fingerprint density at radius 2 is 2.12 bits per heavy atom. The van der Waals surface area contributed by atoms with Crippen LogP contribution >= 0.6 is 11.6 Å². The quantitative estimate of drug-likeness (QED) is 0.835. The van der Waals surface area contributed by atoms with Crippen molar-refractivity contribution in [2.24, 2.45) is 0 Å². The number of nitrogens with one attached hydrogen (secondary N) is 1. The first-order valence-corrected chi connectivity index (χ1v) is 9.36. The lowest BCUT2D eigenvalue weighted by atomic mass is 9.90. The van der Waals surface area contributed by atoms with Crippen molar-refractivity contribution in [2.45, 2.75) is 37.8 Å². The van der Waals surface area contributed by atoms with Crippen LogP contribution < -0.4 is 0 Å². The van der Waals surface area contributed by atoms with Crippen molar-refractivity contribution in [1.82, 2.24) is 9.88 Å². The molecule has 2 atom stereocenters. The van der Waals surface area contributed by atoms with E-state index in [0.29, 0.717) is 23.9 Å². The van der Waals surface area contributed by atoms with Gasteiger partial charge in [0, 0.05) is 22.5 Å². The highest BCUT2D eigenvalue weighted by Crippen LogP contribution is 2.28. The van der Waals surface area contributed by atoms with Crippen LogP contribution in [0.5, 0.6) is 0 Å². The number of carbonyl (C=O) groups is 2. The summed E-state index contributed by atoms with van der Waals surface area (Å²) < 4.78 is 11.0. The first-order chi connectivity index (χ1) is 12.6. The van der Waals surface area contributed by atoms with Crippen LogP contribution in [-0.4, -0.2) is 53.7 Å². The van der Waals surface area contributed by atoms with Crippen molar-refractivity contribution >= 4 is 34.4 Å². The van der Waals surface area contributed by atoms with Crippen LogP contribution in [0, 0.1) is 0 Å². The minimum absolute atomic E-state index is 0.110. The Morgan fingerprint density at radius 1 is 1.27 bits per heavy atom. The minimum Gasteiger partial charge on any atom is -0.451 e. The van der Waals surface area contributed by atoms with Crippen molar-refractivity contribution in [3.05, 3.63) is 35.0 Å². The molecule has 1 saturated carbocycles. The van der Waals surface area contributed by atoms with E-state index < -0.39 is 5.97 Å². The molecule has 2 aliphatic rings. The Kier molecular flexibility index (Phi) is 4.87. The van der Waals surface area contributed by atoms with Gasteiger partial charge in [0.05, 0.1) is 18.8 Å². The van der Waals surface area contributed by atoms with E-state index in [1.165, 1.54) is 0 Å². The van der Waals surface area contributed by atoms with Gasteiger partial charge in [-0.15, -0.1) is 0 Å². The number of benzene rings is 1. The number of halogens is 1. The molecule has 0 radical (unpaired) electrons. The van der Waals surface area contributed by atoms with Crippen molar-refractivity contribution in [3.63, 3.8) is 0 Å². The minimum atomic E-state index is -0.542. The molecule has 2 aromatic rings. The van der Waals surface area contributed by atoms with Gasteiger partial charge in [-0.1, -0.05) is 24.4 Å². The van der Waals surface area contributed by atoms with Crippen LogP contribution in [0.1, 0.15) is 36.2 Å². The number of ether oxygens (including phenoxy) is 2. The Bertz CT molecular complexity index is 832. The van der Waals surface area contributed by atoms with Gasteiger partial charge in [0.25, 0.3) is 5.91 Å². The molecule has 1 aliphatic heterocycles. The number of carbonyl (C=O) groups excluding carboxylic acids is 2. The summed E-state index contributed by atoms with van der Waals surface area (Å²) in [5.74, 6) is -0.697. The second-order valence-electron chi connectivity index (χ2n) is 6.84. The molecule has 6 nitrogen and oxygen atoms in total. The largest absolute Gasteiger partial charge is 0.451 e. The molecular weight excluding hydrogens is 356 g/mol. The molecule has 1 aromatic heterocycles. The van der Waals surface area contributed by atoms with Crippen molar-refractivity contribution in [3.8, 4) is 0 Å². The Labute approximate surface area is 156 Å². The van der Waals surface area contributed by atoms with E-state index >= 15 is 0 Å².